The van der Waals surface area contributed by atoms with Gasteiger partial charge in [-0.1, -0.05) is 30.8 Å². The number of aromatic nitrogens is 3. The summed E-state index contributed by atoms with van der Waals surface area (Å²) in [5.41, 5.74) is 4.59. The Bertz CT molecular complexity index is 1270. The van der Waals surface area contributed by atoms with Crippen LogP contribution in [0.5, 0.6) is 0 Å². The summed E-state index contributed by atoms with van der Waals surface area (Å²) in [6.07, 6.45) is 0. The van der Waals surface area contributed by atoms with Crippen molar-refractivity contribution in [3.05, 3.63) is 80.5 Å². The molecule has 2 N–H and O–H groups in total. The number of non-ortho nitro benzene ring substituents is 1. The Balaban J connectivity index is 1.79. The minimum absolute atomic E-state index is 0.0178. The van der Waals surface area contributed by atoms with Crippen LogP contribution in [-0.2, 0) is 4.79 Å². The molecule has 3 aromatic rings. The molecule has 10 heteroatoms. The number of carbonyl (C=O) groups is 1. The van der Waals surface area contributed by atoms with Crippen molar-refractivity contribution in [2.45, 2.75) is 38.9 Å². The number of nitro groups is 1. The van der Waals surface area contributed by atoms with E-state index in [4.69, 9.17) is 0 Å². The Labute approximate surface area is 195 Å². The number of nitrogens with zero attached hydrogens (tertiary/aromatic N) is 4. The average molecular weight is 465 g/mol. The SMILES string of the molecule is CCSc1nc2n(n1)C(c1ccc([N+](=O)[O-])cc1)C(C(=O)Nc1cccc(C)c1C)=C(C)N2. The molecular weight excluding hydrogens is 440 g/mol. The molecule has 0 saturated heterocycles. The van der Waals surface area contributed by atoms with Gasteiger partial charge in [0, 0.05) is 23.5 Å². The van der Waals surface area contributed by atoms with E-state index in [1.165, 1.54) is 23.9 Å². The average Bonchev–Trinajstić information content (AvgIpc) is 3.18. The van der Waals surface area contributed by atoms with Gasteiger partial charge in [-0.3, -0.25) is 14.9 Å². The van der Waals surface area contributed by atoms with Gasteiger partial charge in [0.25, 0.3) is 11.6 Å². The van der Waals surface area contributed by atoms with Crippen LogP contribution < -0.4 is 10.6 Å². The van der Waals surface area contributed by atoms with Crippen molar-refractivity contribution in [3.63, 3.8) is 0 Å². The summed E-state index contributed by atoms with van der Waals surface area (Å²) in [7, 11) is 0. The molecule has 0 spiro atoms. The lowest BCUT2D eigenvalue weighted by Gasteiger charge is -2.28. The minimum atomic E-state index is -0.592. The van der Waals surface area contributed by atoms with Gasteiger partial charge in [0.2, 0.25) is 11.1 Å². The third-order valence-electron chi connectivity index (χ3n) is 5.62. The van der Waals surface area contributed by atoms with E-state index in [-0.39, 0.29) is 11.6 Å². The lowest BCUT2D eigenvalue weighted by molar-refractivity contribution is -0.384. The zero-order valence-corrected chi connectivity index (χ0v) is 19.6. The van der Waals surface area contributed by atoms with E-state index in [2.05, 4.69) is 20.7 Å². The molecule has 9 nitrogen and oxygen atoms in total. The second kappa shape index (κ2) is 9.07. The number of amides is 1. The molecule has 170 valence electrons. The quantitative estimate of drug-likeness (QED) is 0.305. The zero-order valence-electron chi connectivity index (χ0n) is 18.7. The van der Waals surface area contributed by atoms with Gasteiger partial charge in [-0.15, -0.1) is 5.10 Å². The molecule has 33 heavy (non-hydrogen) atoms. The number of aryl methyl sites for hydroxylation is 1. The molecule has 0 saturated carbocycles. The summed E-state index contributed by atoms with van der Waals surface area (Å²) in [4.78, 5) is 28.8. The number of nitrogens with one attached hydrogen (secondary N) is 2. The number of anilines is 2. The highest BCUT2D eigenvalue weighted by atomic mass is 32.2. The normalized spacial score (nSPS) is 15.1. The summed E-state index contributed by atoms with van der Waals surface area (Å²) in [6.45, 7) is 7.79. The number of allylic oxidation sites excluding steroid dienone is 1. The fraction of sp³-hybridized carbons (Fsp3) is 0.261. The number of carbonyl (C=O) groups excluding carboxylic acids is 1. The second-order valence-corrected chi connectivity index (χ2v) is 8.94. The molecule has 0 fully saturated rings. The Hall–Kier alpha value is -3.66. The molecule has 0 aliphatic carbocycles. The number of fused-ring (bicyclic) bond motifs is 1. The van der Waals surface area contributed by atoms with E-state index in [0.717, 1.165) is 22.6 Å². The maximum atomic E-state index is 13.6. The molecule has 1 aliphatic rings. The second-order valence-electron chi connectivity index (χ2n) is 7.71. The molecule has 1 aromatic heterocycles. The van der Waals surface area contributed by atoms with Crippen molar-refractivity contribution in [1.29, 1.82) is 0 Å². The fourth-order valence-electron chi connectivity index (χ4n) is 3.78. The van der Waals surface area contributed by atoms with Crippen LogP contribution in [0.15, 0.2) is 58.9 Å². The Morgan fingerprint density at radius 3 is 2.61 bits per heavy atom. The van der Waals surface area contributed by atoms with Crippen LogP contribution in [0, 0.1) is 24.0 Å². The first-order valence-electron chi connectivity index (χ1n) is 10.5. The predicted molar refractivity (Wildman–Crippen MR) is 129 cm³/mol. The standard InChI is InChI=1S/C23H24N6O3S/c1-5-33-23-26-22-24-15(4)19(21(30)25-18-8-6-7-13(2)14(18)3)20(28(22)27-23)16-9-11-17(12-10-16)29(31)32/h6-12,20H,5H2,1-4H3,(H,25,30)(H,24,26,27). The molecule has 2 heterocycles. The number of hydrogen-bond acceptors (Lipinski definition) is 7. The van der Waals surface area contributed by atoms with Gasteiger partial charge in [0.15, 0.2) is 0 Å². The van der Waals surface area contributed by atoms with Crippen LogP contribution in [0.25, 0.3) is 0 Å². The van der Waals surface area contributed by atoms with E-state index < -0.39 is 11.0 Å². The minimum Gasteiger partial charge on any atom is -0.328 e. The highest BCUT2D eigenvalue weighted by molar-refractivity contribution is 7.99. The summed E-state index contributed by atoms with van der Waals surface area (Å²) in [5, 5.41) is 22.6. The van der Waals surface area contributed by atoms with Gasteiger partial charge in [-0.25, -0.2) is 4.68 Å². The van der Waals surface area contributed by atoms with E-state index in [1.807, 2.05) is 45.9 Å². The lowest BCUT2D eigenvalue weighted by atomic mass is 9.94. The first-order valence-corrected chi connectivity index (χ1v) is 11.5. The molecule has 4 rings (SSSR count). The van der Waals surface area contributed by atoms with Crippen molar-refractivity contribution in [2.75, 3.05) is 16.4 Å². The van der Waals surface area contributed by atoms with Gasteiger partial charge in [0.1, 0.15) is 6.04 Å². The summed E-state index contributed by atoms with van der Waals surface area (Å²) in [6, 6.07) is 11.4. The maximum Gasteiger partial charge on any atom is 0.269 e. The Kier molecular flexibility index (Phi) is 6.19. The van der Waals surface area contributed by atoms with E-state index in [0.29, 0.717) is 27.9 Å². The van der Waals surface area contributed by atoms with E-state index in [1.54, 1.807) is 16.8 Å². The number of benzene rings is 2. The Morgan fingerprint density at radius 2 is 1.94 bits per heavy atom. The van der Waals surface area contributed by atoms with Crippen LogP contribution in [0.3, 0.4) is 0 Å². The van der Waals surface area contributed by atoms with Gasteiger partial charge in [0.05, 0.1) is 10.5 Å². The van der Waals surface area contributed by atoms with E-state index in [9.17, 15) is 14.9 Å². The van der Waals surface area contributed by atoms with Crippen molar-refractivity contribution in [1.82, 2.24) is 14.8 Å². The molecule has 0 radical (unpaired) electrons. The van der Waals surface area contributed by atoms with Gasteiger partial charge in [-0.2, -0.15) is 4.98 Å². The first kappa shape index (κ1) is 22.5. The number of rotatable bonds is 6. The number of nitro benzene ring substituents is 1. The van der Waals surface area contributed by atoms with Crippen molar-refractivity contribution in [2.24, 2.45) is 0 Å². The highest BCUT2D eigenvalue weighted by Crippen LogP contribution is 2.37. The third kappa shape index (κ3) is 4.34. The zero-order chi connectivity index (χ0) is 23.7. The molecular formula is C23H24N6O3S. The molecule has 0 bridgehead atoms. The monoisotopic (exact) mass is 464 g/mol. The molecule has 1 unspecified atom stereocenters. The van der Waals surface area contributed by atoms with Crippen molar-refractivity contribution in [3.8, 4) is 0 Å². The Morgan fingerprint density at radius 1 is 1.21 bits per heavy atom. The predicted octanol–water partition coefficient (Wildman–Crippen LogP) is 4.84. The third-order valence-corrected chi connectivity index (χ3v) is 6.34. The van der Waals surface area contributed by atoms with Gasteiger partial charge in [-0.05, 0) is 61.4 Å². The topological polar surface area (TPSA) is 115 Å². The largest absolute Gasteiger partial charge is 0.328 e. The van der Waals surface area contributed by atoms with Crippen LogP contribution in [0.2, 0.25) is 0 Å². The first-order chi connectivity index (χ1) is 15.8. The smallest absolute Gasteiger partial charge is 0.269 e. The number of thioether (sulfide) groups is 1. The molecule has 1 aliphatic heterocycles. The van der Waals surface area contributed by atoms with Crippen molar-refractivity contribution >= 4 is 35.0 Å². The molecule has 1 amide bonds. The molecule has 2 aromatic carbocycles. The van der Waals surface area contributed by atoms with Crippen LogP contribution >= 0.6 is 11.8 Å². The van der Waals surface area contributed by atoms with Crippen LogP contribution in [-0.4, -0.2) is 31.3 Å². The summed E-state index contributed by atoms with van der Waals surface area (Å²) >= 11 is 1.50. The summed E-state index contributed by atoms with van der Waals surface area (Å²) < 4.78 is 1.67. The van der Waals surface area contributed by atoms with Crippen molar-refractivity contribution < 1.29 is 9.72 Å². The van der Waals surface area contributed by atoms with Gasteiger partial charge < -0.3 is 10.6 Å². The lowest BCUT2D eigenvalue weighted by Crippen LogP contribution is -2.31. The highest BCUT2D eigenvalue weighted by Gasteiger charge is 2.34. The number of hydrogen-bond donors (Lipinski definition) is 2. The fourth-order valence-corrected chi connectivity index (χ4v) is 4.33. The maximum absolute atomic E-state index is 13.6. The van der Waals surface area contributed by atoms with Gasteiger partial charge >= 0.3 is 0 Å². The summed E-state index contributed by atoms with van der Waals surface area (Å²) in [5.74, 6) is 1.05. The van der Waals surface area contributed by atoms with Crippen LogP contribution in [0.4, 0.5) is 17.3 Å². The van der Waals surface area contributed by atoms with Crippen LogP contribution in [0.1, 0.15) is 36.6 Å². The molecule has 1 atom stereocenters. The van der Waals surface area contributed by atoms with E-state index >= 15 is 0 Å².